The second-order valence-corrected chi connectivity index (χ2v) is 4.52. The Morgan fingerprint density at radius 3 is 2.71 bits per heavy atom. The second kappa shape index (κ2) is 5.14. The van der Waals surface area contributed by atoms with E-state index in [1.807, 2.05) is 30.5 Å². The number of hydrogen-bond acceptors (Lipinski definition) is 2. The van der Waals surface area contributed by atoms with Crippen molar-refractivity contribution in [3.8, 4) is 11.1 Å². The van der Waals surface area contributed by atoms with Gasteiger partial charge in [0.1, 0.15) is 6.54 Å². The van der Waals surface area contributed by atoms with Gasteiger partial charge < -0.3 is 5.32 Å². The number of aromatic nitrogens is 2. The molecular formula is C12H12BrN3O. The Balaban J connectivity index is 2.18. The van der Waals surface area contributed by atoms with Crippen LogP contribution in [0.25, 0.3) is 11.1 Å². The highest BCUT2D eigenvalue weighted by Gasteiger charge is 2.04. The maximum atomic E-state index is 11.2. The zero-order chi connectivity index (χ0) is 12.3. The SMILES string of the molecule is CNC(=O)Cn1cc(-c2ccc(Br)cc2)cn1. The number of nitrogens with one attached hydrogen (secondary N) is 1. The Kier molecular flexibility index (Phi) is 3.58. The third-order valence-corrected chi connectivity index (χ3v) is 2.92. The maximum Gasteiger partial charge on any atom is 0.241 e. The summed E-state index contributed by atoms with van der Waals surface area (Å²) in [7, 11) is 1.61. The van der Waals surface area contributed by atoms with E-state index in [1.165, 1.54) is 0 Å². The molecule has 4 nitrogen and oxygen atoms in total. The molecule has 0 atom stereocenters. The van der Waals surface area contributed by atoms with Crippen LogP contribution in [0.4, 0.5) is 0 Å². The van der Waals surface area contributed by atoms with Crippen LogP contribution in [-0.4, -0.2) is 22.7 Å². The third kappa shape index (κ3) is 2.94. The zero-order valence-electron chi connectivity index (χ0n) is 9.35. The van der Waals surface area contributed by atoms with Gasteiger partial charge in [-0.25, -0.2) is 0 Å². The lowest BCUT2D eigenvalue weighted by molar-refractivity contribution is -0.121. The Morgan fingerprint density at radius 1 is 1.35 bits per heavy atom. The number of nitrogens with zero attached hydrogens (tertiary/aromatic N) is 2. The van der Waals surface area contributed by atoms with E-state index in [2.05, 4.69) is 26.3 Å². The summed E-state index contributed by atoms with van der Waals surface area (Å²) in [6, 6.07) is 7.97. The van der Waals surface area contributed by atoms with Crippen molar-refractivity contribution in [2.45, 2.75) is 6.54 Å². The first kappa shape index (κ1) is 11.9. The molecule has 1 aromatic carbocycles. The number of benzene rings is 1. The lowest BCUT2D eigenvalue weighted by Crippen LogP contribution is -2.23. The van der Waals surface area contributed by atoms with Crippen molar-refractivity contribution in [1.82, 2.24) is 15.1 Å². The summed E-state index contributed by atoms with van der Waals surface area (Å²) in [5, 5.41) is 6.71. The average molecular weight is 294 g/mol. The first-order valence-corrected chi connectivity index (χ1v) is 5.97. The molecule has 0 spiro atoms. The summed E-state index contributed by atoms with van der Waals surface area (Å²) >= 11 is 3.39. The van der Waals surface area contributed by atoms with Crippen molar-refractivity contribution in [3.63, 3.8) is 0 Å². The van der Waals surface area contributed by atoms with Crippen molar-refractivity contribution < 1.29 is 4.79 Å². The Bertz CT molecular complexity index is 519. The largest absolute Gasteiger partial charge is 0.358 e. The lowest BCUT2D eigenvalue weighted by Gasteiger charge is -1.99. The Hall–Kier alpha value is -1.62. The summed E-state index contributed by atoms with van der Waals surface area (Å²) in [4.78, 5) is 11.2. The van der Waals surface area contributed by atoms with Gasteiger partial charge in [0, 0.05) is 23.3 Å². The molecular weight excluding hydrogens is 282 g/mol. The van der Waals surface area contributed by atoms with E-state index in [4.69, 9.17) is 0 Å². The Labute approximate surface area is 108 Å². The molecule has 1 N–H and O–H groups in total. The molecule has 5 heteroatoms. The summed E-state index contributed by atoms with van der Waals surface area (Å²) in [5.41, 5.74) is 2.08. The van der Waals surface area contributed by atoms with Crippen LogP contribution in [0.15, 0.2) is 41.1 Å². The minimum absolute atomic E-state index is 0.0598. The second-order valence-electron chi connectivity index (χ2n) is 3.61. The molecule has 0 saturated carbocycles. The van der Waals surface area contributed by atoms with Crippen molar-refractivity contribution in [1.29, 1.82) is 0 Å². The van der Waals surface area contributed by atoms with Crippen LogP contribution in [0.2, 0.25) is 0 Å². The third-order valence-electron chi connectivity index (χ3n) is 2.40. The van der Waals surface area contributed by atoms with Gasteiger partial charge in [-0.3, -0.25) is 9.48 Å². The molecule has 0 fully saturated rings. The molecule has 0 aliphatic heterocycles. The van der Waals surface area contributed by atoms with Gasteiger partial charge in [0.25, 0.3) is 0 Å². The van der Waals surface area contributed by atoms with Gasteiger partial charge in [0.15, 0.2) is 0 Å². The summed E-state index contributed by atoms with van der Waals surface area (Å²) in [6.07, 6.45) is 3.62. The van der Waals surface area contributed by atoms with E-state index in [1.54, 1.807) is 17.9 Å². The maximum absolute atomic E-state index is 11.2. The quantitative estimate of drug-likeness (QED) is 0.942. The molecule has 0 radical (unpaired) electrons. The van der Waals surface area contributed by atoms with E-state index in [9.17, 15) is 4.79 Å². The Morgan fingerprint density at radius 2 is 2.06 bits per heavy atom. The predicted molar refractivity (Wildman–Crippen MR) is 69.4 cm³/mol. The molecule has 0 aliphatic carbocycles. The highest BCUT2D eigenvalue weighted by atomic mass is 79.9. The molecule has 0 bridgehead atoms. The number of hydrogen-bond donors (Lipinski definition) is 1. The van der Waals surface area contributed by atoms with Gasteiger partial charge in [-0.2, -0.15) is 5.10 Å². The fourth-order valence-electron chi connectivity index (χ4n) is 1.47. The van der Waals surface area contributed by atoms with Gasteiger partial charge in [0.05, 0.1) is 6.20 Å². The highest BCUT2D eigenvalue weighted by molar-refractivity contribution is 9.10. The first-order valence-electron chi connectivity index (χ1n) is 5.18. The van der Waals surface area contributed by atoms with Gasteiger partial charge in [-0.05, 0) is 17.7 Å². The van der Waals surface area contributed by atoms with E-state index in [0.29, 0.717) is 0 Å². The average Bonchev–Trinajstić information content (AvgIpc) is 2.78. The van der Waals surface area contributed by atoms with Crippen molar-refractivity contribution in [3.05, 3.63) is 41.1 Å². The zero-order valence-corrected chi connectivity index (χ0v) is 10.9. The van der Waals surface area contributed by atoms with Crippen molar-refractivity contribution >= 4 is 21.8 Å². The van der Waals surface area contributed by atoms with Crippen LogP contribution >= 0.6 is 15.9 Å². The number of rotatable bonds is 3. The smallest absolute Gasteiger partial charge is 0.241 e. The first-order chi connectivity index (χ1) is 8.19. The molecule has 1 heterocycles. The molecule has 0 aliphatic rings. The normalized spacial score (nSPS) is 10.2. The van der Waals surface area contributed by atoms with Gasteiger partial charge in [-0.1, -0.05) is 28.1 Å². The minimum atomic E-state index is -0.0598. The van der Waals surface area contributed by atoms with E-state index < -0.39 is 0 Å². The van der Waals surface area contributed by atoms with Gasteiger partial charge in [-0.15, -0.1) is 0 Å². The van der Waals surface area contributed by atoms with E-state index in [0.717, 1.165) is 15.6 Å². The van der Waals surface area contributed by atoms with Crippen molar-refractivity contribution in [2.75, 3.05) is 7.05 Å². The molecule has 1 amide bonds. The number of halogens is 1. The monoisotopic (exact) mass is 293 g/mol. The van der Waals surface area contributed by atoms with Crippen LogP contribution < -0.4 is 5.32 Å². The van der Waals surface area contributed by atoms with Crippen molar-refractivity contribution in [2.24, 2.45) is 0 Å². The van der Waals surface area contributed by atoms with E-state index >= 15 is 0 Å². The number of amides is 1. The van der Waals surface area contributed by atoms with Crippen LogP contribution in [0.3, 0.4) is 0 Å². The standard InChI is InChI=1S/C12H12BrN3O/c1-14-12(17)8-16-7-10(6-15-16)9-2-4-11(13)5-3-9/h2-7H,8H2,1H3,(H,14,17). The highest BCUT2D eigenvalue weighted by Crippen LogP contribution is 2.20. The van der Waals surface area contributed by atoms with Crippen LogP contribution in [-0.2, 0) is 11.3 Å². The number of carbonyl (C=O) groups excluding carboxylic acids is 1. The van der Waals surface area contributed by atoms with Crippen LogP contribution in [0.1, 0.15) is 0 Å². The summed E-state index contributed by atoms with van der Waals surface area (Å²) in [5.74, 6) is -0.0598. The lowest BCUT2D eigenvalue weighted by atomic mass is 10.1. The van der Waals surface area contributed by atoms with E-state index in [-0.39, 0.29) is 12.5 Å². The summed E-state index contributed by atoms with van der Waals surface area (Å²) in [6.45, 7) is 0.243. The molecule has 2 aromatic rings. The molecule has 88 valence electrons. The molecule has 2 rings (SSSR count). The fourth-order valence-corrected chi connectivity index (χ4v) is 1.73. The summed E-state index contributed by atoms with van der Waals surface area (Å²) < 4.78 is 2.66. The van der Waals surface area contributed by atoms with Gasteiger partial charge in [0.2, 0.25) is 5.91 Å². The number of carbonyl (C=O) groups is 1. The molecule has 0 unspecified atom stereocenters. The van der Waals surface area contributed by atoms with Gasteiger partial charge >= 0.3 is 0 Å². The van der Waals surface area contributed by atoms with Crippen LogP contribution in [0, 0.1) is 0 Å². The van der Waals surface area contributed by atoms with Crippen LogP contribution in [0.5, 0.6) is 0 Å². The molecule has 0 saturated heterocycles. The minimum Gasteiger partial charge on any atom is -0.358 e. The number of likely N-dealkylation sites (N-methyl/N-ethyl adjacent to an activating group) is 1. The molecule has 1 aromatic heterocycles. The molecule has 17 heavy (non-hydrogen) atoms. The predicted octanol–water partition coefficient (Wildman–Crippen LogP) is 2.06. The fraction of sp³-hybridized carbons (Fsp3) is 0.167. The topological polar surface area (TPSA) is 46.9 Å².